The molecular formula is C14H30N2. The molecule has 1 aliphatic heterocycles. The van der Waals surface area contributed by atoms with E-state index in [1.54, 1.807) is 0 Å². The van der Waals surface area contributed by atoms with Crippen molar-refractivity contribution in [1.29, 1.82) is 0 Å². The summed E-state index contributed by atoms with van der Waals surface area (Å²) in [5, 5.41) is 3.45. The minimum absolute atomic E-state index is 0.741. The van der Waals surface area contributed by atoms with Crippen molar-refractivity contribution in [2.75, 3.05) is 26.2 Å². The molecule has 1 aliphatic rings. The minimum Gasteiger partial charge on any atom is -0.317 e. The van der Waals surface area contributed by atoms with E-state index in [2.05, 4.69) is 37.9 Å². The van der Waals surface area contributed by atoms with Gasteiger partial charge < -0.3 is 10.2 Å². The van der Waals surface area contributed by atoms with Crippen LogP contribution in [0.2, 0.25) is 0 Å². The van der Waals surface area contributed by atoms with E-state index < -0.39 is 0 Å². The van der Waals surface area contributed by atoms with Crippen LogP contribution in [0, 0.1) is 11.8 Å². The smallest absolute Gasteiger partial charge is 0.00924 e. The van der Waals surface area contributed by atoms with Crippen molar-refractivity contribution in [1.82, 2.24) is 10.2 Å². The Labute approximate surface area is 102 Å². The van der Waals surface area contributed by atoms with Crippen LogP contribution in [0.4, 0.5) is 0 Å². The zero-order valence-corrected chi connectivity index (χ0v) is 11.6. The Morgan fingerprint density at radius 3 is 2.31 bits per heavy atom. The van der Waals surface area contributed by atoms with E-state index in [0.29, 0.717) is 0 Å². The molecule has 0 aliphatic carbocycles. The predicted octanol–water partition coefficient (Wildman–Crippen LogP) is 2.74. The molecule has 2 unspecified atom stereocenters. The topological polar surface area (TPSA) is 15.3 Å². The Hall–Kier alpha value is -0.0800. The summed E-state index contributed by atoms with van der Waals surface area (Å²) in [5.41, 5.74) is 0. The molecule has 1 heterocycles. The molecular weight excluding hydrogens is 196 g/mol. The third-order valence-corrected chi connectivity index (χ3v) is 4.40. The monoisotopic (exact) mass is 226 g/mol. The van der Waals surface area contributed by atoms with Crippen LogP contribution >= 0.6 is 0 Å². The number of piperidine rings is 1. The van der Waals surface area contributed by atoms with Gasteiger partial charge in [-0.05, 0) is 51.2 Å². The molecule has 2 atom stereocenters. The maximum Gasteiger partial charge on any atom is 0.00924 e. The van der Waals surface area contributed by atoms with E-state index in [-0.39, 0.29) is 0 Å². The number of hydrogen-bond donors (Lipinski definition) is 1. The van der Waals surface area contributed by atoms with Crippen LogP contribution in [-0.4, -0.2) is 37.1 Å². The first-order valence-corrected chi connectivity index (χ1v) is 7.13. The predicted molar refractivity (Wildman–Crippen MR) is 71.8 cm³/mol. The first-order valence-electron chi connectivity index (χ1n) is 7.13. The van der Waals surface area contributed by atoms with Gasteiger partial charge in [0.15, 0.2) is 0 Å². The molecule has 0 saturated carbocycles. The Kier molecular flexibility index (Phi) is 6.37. The van der Waals surface area contributed by atoms with Crippen molar-refractivity contribution in [3.05, 3.63) is 0 Å². The van der Waals surface area contributed by atoms with Crippen LogP contribution in [0.1, 0.15) is 47.0 Å². The van der Waals surface area contributed by atoms with Crippen LogP contribution in [0.5, 0.6) is 0 Å². The minimum atomic E-state index is 0.741. The SMILES string of the molecule is CCC(C)C(C)N(CC)CC1CCNCC1. The van der Waals surface area contributed by atoms with Gasteiger partial charge in [-0.25, -0.2) is 0 Å². The van der Waals surface area contributed by atoms with Crippen molar-refractivity contribution < 1.29 is 0 Å². The molecule has 96 valence electrons. The zero-order chi connectivity index (χ0) is 12.0. The van der Waals surface area contributed by atoms with Crippen LogP contribution in [0.3, 0.4) is 0 Å². The van der Waals surface area contributed by atoms with E-state index in [4.69, 9.17) is 0 Å². The Bertz CT molecular complexity index is 176. The molecule has 2 nitrogen and oxygen atoms in total. The molecule has 0 spiro atoms. The summed E-state index contributed by atoms with van der Waals surface area (Å²) in [6.07, 6.45) is 4.03. The number of hydrogen-bond acceptors (Lipinski definition) is 2. The summed E-state index contributed by atoms with van der Waals surface area (Å²) in [7, 11) is 0. The molecule has 1 saturated heterocycles. The maximum atomic E-state index is 3.45. The average molecular weight is 226 g/mol. The van der Waals surface area contributed by atoms with Gasteiger partial charge in [-0.3, -0.25) is 0 Å². The van der Waals surface area contributed by atoms with Gasteiger partial charge in [0.05, 0.1) is 0 Å². The lowest BCUT2D eigenvalue weighted by Crippen LogP contribution is -2.42. The van der Waals surface area contributed by atoms with Gasteiger partial charge in [-0.1, -0.05) is 27.2 Å². The number of nitrogens with zero attached hydrogens (tertiary/aromatic N) is 1. The van der Waals surface area contributed by atoms with Crippen molar-refractivity contribution in [3.8, 4) is 0 Å². The van der Waals surface area contributed by atoms with Crippen molar-refractivity contribution in [2.45, 2.75) is 53.0 Å². The highest BCUT2D eigenvalue weighted by atomic mass is 15.2. The quantitative estimate of drug-likeness (QED) is 0.749. The van der Waals surface area contributed by atoms with Crippen molar-refractivity contribution in [3.63, 3.8) is 0 Å². The average Bonchev–Trinajstić information content (AvgIpc) is 2.35. The second-order valence-electron chi connectivity index (χ2n) is 5.41. The van der Waals surface area contributed by atoms with Crippen LogP contribution in [0.25, 0.3) is 0 Å². The summed E-state index contributed by atoms with van der Waals surface area (Å²) < 4.78 is 0. The second-order valence-corrected chi connectivity index (χ2v) is 5.41. The fourth-order valence-corrected chi connectivity index (χ4v) is 2.68. The Morgan fingerprint density at radius 2 is 1.81 bits per heavy atom. The van der Waals surface area contributed by atoms with Gasteiger partial charge >= 0.3 is 0 Å². The van der Waals surface area contributed by atoms with Crippen LogP contribution < -0.4 is 5.32 Å². The van der Waals surface area contributed by atoms with E-state index in [0.717, 1.165) is 17.9 Å². The molecule has 0 bridgehead atoms. The highest BCUT2D eigenvalue weighted by Crippen LogP contribution is 2.19. The Morgan fingerprint density at radius 1 is 1.19 bits per heavy atom. The summed E-state index contributed by atoms with van der Waals surface area (Å²) in [6.45, 7) is 14.4. The van der Waals surface area contributed by atoms with E-state index >= 15 is 0 Å². The molecule has 16 heavy (non-hydrogen) atoms. The fraction of sp³-hybridized carbons (Fsp3) is 1.00. The summed E-state index contributed by atoms with van der Waals surface area (Å²) in [5.74, 6) is 1.74. The Balaban J connectivity index is 2.40. The van der Waals surface area contributed by atoms with Crippen molar-refractivity contribution in [2.24, 2.45) is 11.8 Å². The van der Waals surface area contributed by atoms with E-state index in [1.165, 1.54) is 45.4 Å². The molecule has 1 N–H and O–H groups in total. The number of rotatable bonds is 6. The third-order valence-electron chi connectivity index (χ3n) is 4.40. The van der Waals surface area contributed by atoms with Gasteiger partial charge in [0.25, 0.3) is 0 Å². The highest BCUT2D eigenvalue weighted by Gasteiger charge is 2.22. The molecule has 1 fully saturated rings. The summed E-state index contributed by atoms with van der Waals surface area (Å²) >= 11 is 0. The lowest BCUT2D eigenvalue weighted by atomic mass is 9.94. The lowest BCUT2D eigenvalue weighted by Gasteiger charge is -2.36. The molecule has 0 radical (unpaired) electrons. The second kappa shape index (κ2) is 7.29. The normalized spacial score (nSPS) is 22.3. The maximum absolute atomic E-state index is 3.45. The summed E-state index contributed by atoms with van der Waals surface area (Å²) in [4.78, 5) is 2.68. The highest BCUT2D eigenvalue weighted by molar-refractivity contribution is 4.77. The largest absolute Gasteiger partial charge is 0.317 e. The fourth-order valence-electron chi connectivity index (χ4n) is 2.68. The van der Waals surface area contributed by atoms with Gasteiger partial charge in [0.2, 0.25) is 0 Å². The van der Waals surface area contributed by atoms with Gasteiger partial charge in [0, 0.05) is 12.6 Å². The molecule has 0 aromatic rings. The lowest BCUT2D eigenvalue weighted by molar-refractivity contribution is 0.131. The molecule has 1 rings (SSSR count). The molecule has 2 heteroatoms. The zero-order valence-electron chi connectivity index (χ0n) is 11.6. The van der Waals surface area contributed by atoms with Crippen LogP contribution in [-0.2, 0) is 0 Å². The van der Waals surface area contributed by atoms with Crippen LogP contribution in [0.15, 0.2) is 0 Å². The van der Waals surface area contributed by atoms with Crippen molar-refractivity contribution >= 4 is 0 Å². The third kappa shape index (κ3) is 4.06. The van der Waals surface area contributed by atoms with Gasteiger partial charge in [-0.15, -0.1) is 0 Å². The summed E-state index contributed by atoms with van der Waals surface area (Å²) in [6, 6.07) is 0.741. The first kappa shape index (κ1) is 14.0. The molecule has 0 aromatic carbocycles. The number of nitrogens with one attached hydrogen (secondary N) is 1. The molecule has 0 amide bonds. The van der Waals surface area contributed by atoms with E-state index in [1.807, 2.05) is 0 Å². The standard InChI is InChI=1S/C14H30N2/c1-5-12(3)13(4)16(6-2)11-14-7-9-15-10-8-14/h12-15H,5-11H2,1-4H3. The molecule has 0 aromatic heterocycles. The first-order chi connectivity index (χ1) is 7.69. The van der Waals surface area contributed by atoms with Gasteiger partial charge in [-0.2, -0.15) is 0 Å². The van der Waals surface area contributed by atoms with E-state index in [9.17, 15) is 0 Å². The van der Waals surface area contributed by atoms with Gasteiger partial charge in [0.1, 0.15) is 0 Å².